The van der Waals surface area contributed by atoms with Crippen LogP contribution in [0, 0.1) is 0 Å². The van der Waals surface area contributed by atoms with Crippen LogP contribution < -0.4 is 9.62 Å². The van der Waals surface area contributed by atoms with Crippen LogP contribution in [0.2, 0.25) is 0 Å². The fourth-order valence-corrected chi connectivity index (χ4v) is 3.71. The predicted octanol–water partition coefficient (Wildman–Crippen LogP) is 2.63. The number of carbonyl (C=O) groups is 1. The molecule has 1 fully saturated rings. The maximum atomic E-state index is 12.4. The summed E-state index contributed by atoms with van der Waals surface area (Å²) in [6, 6.07) is 16.1. The fraction of sp³-hybridized carbons (Fsp3) is 0.211. The Bertz CT molecular complexity index is 1090. The standard InChI is InChI=1S/C19H18N4O4S/c1-28(25,26)22-15-9-7-13(8-10-15)18-20-19(27-21-18)14-11-17(24)23(12-14)16-5-3-2-4-6-16/h2-10,14,22H,11-12H2,1H3/t14-/m0/s1. The number of hydrogen-bond donors (Lipinski definition) is 1. The first-order chi connectivity index (χ1) is 13.4. The zero-order valence-corrected chi connectivity index (χ0v) is 15.9. The molecule has 2 aromatic carbocycles. The average Bonchev–Trinajstić information content (AvgIpc) is 3.29. The van der Waals surface area contributed by atoms with Gasteiger partial charge in [-0.05, 0) is 36.4 Å². The summed E-state index contributed by atoms with van der Waals surface area (Å²) in [4.78, 5) is 18.5. The Morgan fingerprint density at radius 3 is 2.50 bits per heavy atom. The van der Waals surface area contributed by atoms with Crippen LogP contribution in [0.25, 0.3) is 11.4 Å². The summed E-state index contributed by atoms with van der Waals surface area (Å²) in [7, 11) is -3.33. The van der Waals surface area contributed by atoms with Gasteiger partial charge in [0.2, 0.25) is 27.6 Å². The number of amides is 1. The summed E-state index contributed by atoms with van der Waals surface area (Å²) in [5, 5.41) is 4.00. The van der Waals surface area contributed by atoms with Crippen molar-refractivity contribution in [3.8, 4) is 11.4 Å². The van der Waals surface area contributed by atoms with Crippen molar-refractivity contribution >= 4 is 27.3 Å². The van der Waals surface area contributed by atoms with E-state index in [1.54, 1.807) is 29.2 Å². The van der Waals surface area contributed by atoms with Crippen LogP contribution in [-0.2, 0) is 14.8 Å². The summed E-state index contributed by atoms with van der Waals surface area (Å²) in [6.07, 6.45) is 1.40. The van der Waals surface area contributed by atoms with E-state index in [1.165, 1.54) is 0 Å². The molecular formula is C19H18N4O4S. The molecule has 0 unspecified atom stereocenters. The van der Waals surface area contributed by atoms with Gasteiger partial charge >= 0.3 is 0 Å². The molecule has 1 aliphatic rings. The van der Waals surface area contributed by atoms with Crippen molar-refractivity contribution in [1.29, 1.82) is 0 Å². The van der Waals surface area contributed by atoms with Crippen molar-refractivity contribution in [3.05, 3.63) is 60.5 Å². The van der Waals surface area contributed by atoms with Gasteiger partial charge in [0, 0.05) is 29.9 Å². The highest BCUT2D eigenvalue weighted by Gasteiger charge is 2.35. The molecule has 0 aliphatic carbocycles. The number of benzene rings is 2. The number of sulfonamides is 1. The molecule has 1 amide bonds. The molecule has 144 valence electrons. The molecule has 1 aliphatic heterocycles. The molecule has 1 aromatic heterocycles. The molecule has 3 aromatic rings. The molecule has 1 atom stereocenters. The molecule has 0 radical (unpaired) electrons. The highest BCUT2D eigenvalue weighted by Crippen LogP contribution is 2.32. The van der Waals surface area contributed by atoms with E-state index in [2.05, 4.69) is 14.9 Å². The smallest absolute Gasteiger partial charge is 0.232 e. The van der Waals surface area contributed by atoms with E-state index in [0.29, 0.717) is 35.9 Å². The van der Waals surface area contributed by atoms with Gasteiger partial charge in [-0.2, -0.15) is 4.98 Å². The molecule has 28 heavy (non-hydrogen) atoms. The fourth-order valence-electron chi connectivity index (χ4n) is 3.15. The Morgan fingerprint density at radius 1 is 1.11 bits per heavy atom. The second-order valence-corrected chi connectivity index (χ2v) is 8.40. The third kappa shape index (κ3) is 3.89. The number of hydrogen-bond acceptors (Lipinski definition) is 6. The molecule has 1 saturated heterocycles. The molecular weight excluding hydrogens is 380 g/mol. The summed E-state index contributed by atoms with van der Waals surface area (Å²) in [6.45, 7) is 0.488. The van der Waals surface area contributed by atoms with Crippen molar-refractivity contribution in [1.82, 2.24) is 10.1 Å². The SMILES string of the molecule is CS(=O)(=O)Nc1ccc(-c2noc([C@H]3CC(=O)N(c4ccccc4)C3)n2)cc1. The number of nitrogens with zero attached hydrogens (tertiary/aromatic N) is 3. The van der Waals surface area contributed by atoms with Gasteiger partial charge in [-0.25, -0.2) is 8.42 Å². The number of aromatic nitrogens is 2. The topological polar surface area (TPSA) is 105 Å². The average molecular weight is 398 g/mol. The van der Waals surface area contributed by atoms with Gasteiger partial charge in [0.1, 0.15) is 0 Å². The van der Waals surface area contributed by atoms with E-state index in [1.807, 2.05) is 30.3 Å². The molecule has 2 heterocycles. The number of nitrogens with one attached hydrogen (secondary N) is 1. The summed E-state index contributed by atoms with van der Waals surface area (Å²) in [5.41, 5.74) is 2.00. The van der Waals surface area contributed by atoms with Crippen LogP contribution in [0.15, 0.2) is 59.1 Å². The van der Waals surface area contributed by atoms with Crippen molar-refractivity contribution in [2.45, 2.75) is 12.3 Å². The van der Waals surface area contributed by atoms with Crippen molar-refractivity contribution < 1.29 is 17.7 Å². The molecule has 8 nitrogen and oxygen atoms in total. The van der Waals surface area contributed by atoms with E-state index < -0.39 is 10.0 Å². The summed E-state index contributed by atoms with van der Waals surface area (Å²) < 4.78 is 30.4. The largest absolute Gasteiger partial charge is 0.339 e. The van der Waals surface area contributed by atoms with Gasteiger partial charge in [0.25, 0.3) is 0 Å². The van der Waals surface area contributed by atoms with Gasteiger partial charge in [0.15, 0.2) is 0 Å². The Balaban J connectivity index is 1.50. The lowest BCUT2D eigenvalue weighted by Gasteiger charge is -2.15. The van der Waals surface area contributed by atoms with Gasteiger partial charge in [0.05, 0.1) is 12.2 Å². The third-order valence-electron chi connectivity index (χ3n) is 4.43. The zero-order valence-electron chi connectivity index (χ0n) is 15.1. The Kier molecular flexibility index (Phi) is 4.60. The van der Waals surface area contributed by atoms with Gasteiger partial charge < -0.3 is 9.42 Å². The van der Waals surface area contributed by atoms with Crippen molar-refractivity contribution in [3.63, 3.8) is 0 Å². The van der Waals surface area contributed by atoms with Crippen LogP contribution in [0.3, 0.4) is 0 Å². The lowest BCUT2D eigenvalue weighted by Crippen LogP contribution is -2.24. The molecule has 0 bridgehead atoms. The third-order valence-corrected chi connectivity index (χ3v) is 5.04. The summed E-state index contributed by atoms with van der Waals surface area (Å²) >= 11 is 0. The molecule has 9 heteroatoms. The minimum Gasteiger partial charge on any atom is -0.339 e. The number of rotatable bonds is 5. The van der Waals surface area contributed by atoms with Crippen molar-refractivity contribution in [2.24, 2.45) is 0 Å². The maximum absolute atomic E-state index is 12.4. The Hall–Kier alpha value is -3.20. The van der Waals surface area contributed by atoms with Crippen LogP contribution in [0.5, 0.6) is 0 Å². The van der Waals surface area contributed by atoms with Crippen LogP contribution in [-0.4, -0.2) is 37.3 Å². The van der Waals surface area contributed by atoms with Gasteiger partial charge in [-0.15, -0.1) is 0 Å². The van der Waals surface area contributed by atoms with Gasteiger partial charge in [-0.1, -0.05) is 23.4 Å². The van der Waals surface area contributed by atoms with Crippen molar-refractivity contribution in [2.75, 3.05) is 22.4 Å². The first kappa shape index (κ1) is 18.2. The maximum Gasteiger partial charge on any atom is 0.232 e. The first-order valence-corrected chi connectivity index (χ1v) is 10.6. The highest BCUT2D eigenvalue weighted by atomic mass is 32.2. The number of carbonyl (C=O) groups excluding carboxylic acids is 1. The lowest BCUT2D eigenvalue weighted by atomic mass is 10.1. The van der Waals surface area contributed by atoms with Crippen LogP contribution >= 0.6 is 0 Å². The number of anilines is 2. The van der Waals surface area contributed by atoms with E-state index in [9.17, 15) is 13.2 Å². The molecule has 1 N–H and O–H groups in total. The molecule has 0 saturated carbocycles. The first-order valence-electron chi connectivity index (χ1n) is 8.66. The van der Waals surface area contributed by atoms with Crippen LogP contribution in [0.4, 0.5) is 11.4 Å². The minimum atomic E-state index is -3.33. The normalized spacial score (nSPS) is 17.1. The second kappa shape index (κ2) is 7.08. The lowest BCUT2D eigenvalue weighted by molar-refractivity contribution is -0.117. The van der Waals surface area contributed by atoms with Crippen LogP contribution in [0.1, 0.15) is 18.2 Å². The molecule has 0 spiro atoms. The van der Waals surface area contributed by atoms with E-state index in [4.69, 9.17) is 4.52 Å². The highest BCUT2D eigenvalue weighted by molar-refractivity contribution is 7.92. The zero-order chi connectivity index (χ0) is 19.7. The van der Waals surface area contributed by atoms with E-state index in [0.717, 1.165) is 11.9 Å². The summed E-state index contributed by atoms with van der Waals surface area (Å²) in [5.74, 6) is 0.666. The number of para-hydroxylation sites is 1. The predicted molar refractivity (Wildman–Crippen MR) is 104 cm³/mol. The Morgan fingerprint density at radius 2 is 1.82 bits per heavy atom. The van der Waals surface area contributed by atoms with E-state index >= 15 is 0 Å². The monoisotopic (exact) mass is 398 g/mol. The van der Waals surface area contributed by atoms with Gasteiger partial charge in [-0.3, -0.25) is 9.52 Å². The molecule has 4 rings (SSSR count). The van der Waals surface area contributed by atoms with E-state index in [-0.39, 0.29) is 11.8 Å². The second-order valence-electron chi connectivity index (χ2n) is 6.65. The quantitative estimate of drug-likeness (QED) is 0.708. The Labute approximate surface area is 162 Å². The minimum absolute atomic E-state index is 0.0205.